The van der Waals surface area contributed by atoms with Crippen molar-refractivity contribution in [2.24, 2.45) is 0 Å². The topological polar surface area (TPSA) is 0 Å². The number of rotatable bonds is 0. The van der Waals surface area contributed by atoms with Gasteiger partial charge in [0.1, 0.15) is 0 Å². The number of hydrogen-bond acceptors (Lipinski definition) is 0. The predicted octanol–water partition coefficient (Wildman–Crippen LogP) is 7.21. The van der Waals surface area contributed by atoms with Crippen LogP contribution in [0.4, 0.5) is 105 Å². The molecule has 0 nitrogen and oxygen atoms in total. The molecule has 38 heavy (non-hydrogen) atoms. The lowest BCUT2D eigenvalue weighted by molar-refractivity contribution is -0.587. The SMILES string of the molecule is FC1(F)C(F)(F)C(F)(F)[C@@]2(F)[C@@](F)(C1(F)F)C(F)(F)C(F)(F)[C@@]1(F)C(F)(F)C(F)(F)C(F)(F)C(F)(F)[C@]12F. The van der Waals surface area contributed by atoms with Crippen LogP contribution in [0.25, 0.3) is 0 Å². The van der Waals surface area contributed by atoms with E-state index in [9.17, 15) is 96.6 Å². The van der Waals surface area contributed by atoms with Gasteiger partial charge in [0, 0.05) is 0 Å². The Balaban J connectivity index is 2.86. The summed E-state index contributed by atoms with van der Waals surface area (Å²) in [7, 11) is 0. The van der Waals surface area contributed by atoms with Gasteiger partial charge in [-0.05, 0) is 0 Å². The summed E-state index contributed by atoms with van der Waals surface area (Å²) in [6, 6.07) is 0. The minimum Gasteiger partial charge on any atom is -0.229 e. The van der Waals surface area contributed by atoms with Crippen molar-refractivity contribution in [2.75, 3.05) is 0 Å². The van der Waals surface area contributed by atoms with Crippen molar-refractivity contribution in [3.05, 3.63) is 0 Å². The molecule has 3 aliphatic rings. The quantitative estimate of drug-likeness (QED) is 0.250. The Morgan fingerprint density at radius 3 is 0.395 bits per heavy atom. The van der Waals surface area contributed by atoms with Gasteiger partial charge in [0.15, 0.2) is 0 Å². The van der Waals surface area contributed by atoms with Gasteiger partial charge in [0.2, 0.25) is 0 Å². The minimum atomic E-state index is -9.77. The summed E-state index contributed by atoms with van der Waals surface area (Å²) in [6.45, 7) is 0. The van der Waals surface area contributed by atoms with Gasteiger partial charge in [-0.15, -0.1) is 0 Å². The molecule has 24 heteroatoms. The third-order valence-electron chi connectivity index (χ3n) is 6.78. The first-order valence-electron chi connectivity index (χ1n) is 8.54. The first kappa shape index (κ1) is 30.9. The largest absolute Gasteiger partial charge is 0.382 e. The maximum atomic E-state index is 15.3. The molecule has 0 aromatic rings. The summed E-state index contributed by atoms with van der Waals surface area (Å²) in [4.78, 5) is 0. The average Bonchev–Trinajstić information content (AvgIpc) is 2.72. The van der Waals surface area contributed by atoms with Gasteiger partial charge >= 0.3 is 59.2 Å². The van der Waals surface area contributed by atoms with Crippen LogP contribution in [-0.4, -0.2) is 81.9 Å². The van der Waals surface area contributed by atoms with E-state index in [0.717, 1.165) is 0 Å². The highest BCUT2D eigenvalue weighted by Gasteiger charge is 3.21. The first-order valence-corrected chi connectivity index (χ1v) is 8.54. The monoisotopic (exact) mass is 624 g/mol. The maximum Gasteiger partial charge on any atom is 0.382 e. The van der Waals surface area contributed by atoms with E-state index in [1.807, 2.05) is 0 Å². The molecule has 3 fully saturated rings. The molecule has 3 saturated carbocycles. The summed E-state index contributed by atoms with van der Waals surface area (Å²) in [5.41, 5.74) is -38.6. The van der Waals surface area contributed by atoms with Crippen molar-refractivity contribution >= 4 is 0 Å². The van der Waals surface area contributed by atoms with E-state index in [2.05, 4.69) is 0 Å². The van der Waals surface area contributed by atoms with Crippen LogP contribution in [0.5, 0.6) is 0 Å². The third kappa shape index (κ3) is 1.88. The van der Waals surface area contributed by atoms with Gasteiger partial charge in [-0.25, -0.2) is 17.6 Å². The van der Waals surface area contributed by atoms with Crippen molar-refractivity contribution in [1.29, 1.82) is 0 Å². The molecule has 224 valence electrons. The number of fused-ring (bicyclic) bond motifs is 3. The maximum absolute atomic E-state index is 15.3. The van der Waals surface area contributed by atoms with E-state index in [1.165, 1.54) is 0 Å². The van der Waals surface area contributed by atoms with Crippen molar-refractivity contribution in [3.8, 4) is 0 Å². The summed E-state index contributed by atoms with van der Waals surface area (Å²) in [5.74, 6) is -91.1. The van der Waals surface area contributed by atoms with Crippen molar-refractivity contribution in [1.82, 2.24) is 0 Å². The second-order valence-electron chi connectivity index (χ2n) is 8.38. The molecule has 0 N–H and O–H groups in total. The Kier molecular flexibility index (Phi) is 4.98. The van der Waals surface area contributed by atoms with Crippen LogP contribution in [0.1, 0.15) is 0 Å². The van der Waals surface area contributed by atoms with Gasteiger partial charge in [0.25, 0.3) is 22.7 Å². The normalized spacial score (nSPS) is 47.4. The summed E-state index contributed by atoms with van der Waals surface area (Å²) < 4.78 is 339. The molecule has 0 radical (unpaired) electrons. The molecule has 3 rings (SSSR count). The Morgan fingerprint density at radius 1 is 0.132 bits per heavy atom. The average molecular weight is 624 g/mol. The zero-order valence-corrected chi connectivity index (χ0v) is 16.1. The van der Waals surface area contributed by atoms with Crippen LogP contribution in [0.2, 0.25) is 0 Å². The molecular formula is C14F24. The fourth-order valence-corrected chi connectivity index (χ4v) is 4.69. The van der Waals surface area contributed by atoms with Crippen molar-refractivity contribution in [3.63, 3.8) is 0 Å². The van der Waals surface area contributed by atoms with Crippen molar-refractivity contribution in [2.45, 2.75) is 81.9 Å². The highest BCUT2D eigenvalue weighted by molar-refractivity contribution is 5.51. The third-order valence-corrected chi connectivity index (χ3v) is 6.78. The van der Waals surface area contributed by atoms with Gasteiger partial charge in [-0.3, -0.25) is 0 Å². The van der Waals surface area contributed by atoms with E-state index < -0.39 is 81.9 Å². The highest BCUT2D eigenvalue weighted by Crippen LogP contribution is 2.87. The van der Waals surface area contributed by atoms with Gasteiger partial charge < -0.3 is 0 Å². The lowest BCUT2D eigenvalue weighted by Gasteiger charge is -2.70. The Bertz CT molecular complexity index is 982. The zero-order valence-electron chi connectivity index (χ0n) is 16.1. The van der Waals surface area contributed by atoms with Gasteiger partial charge in [-0.1, -0.05) is 0 Å². The zero-order chi connectivity index (χ0) is 31.0. The lowest BCUT2D eigenvalue weighted by atomic mass is 9.43. The van der Waals surface area contributed by atoms with E-state index in [4.69, 9.17) is 0 Å². The summed E-state index contributed by atoms with van der Waals surface area (Å²) >= 11 is 0. The van der Waals surface area contributed by atoms with Gasteiger partial charge in [-0.2, -0.15) is 87.8 Å². The molecule has 0 aliphatic heterocycles. The van der Waals surface area contributed by atoms with Crippen LogP contribution >= 0.6 is 0 Å². The number of hydrogen-bond donors (Lipinski definition) is 0. The highest BCUT2D eigenvalue weighted by atomic mass is 19.4. The molecule has 0 amide bonds. The summed E-state index contributed by atoms with van der Waals surface area (Å²) in [6.07, 6.45) is 0. The van der Waals surface area contributed by atoms with Crippen LogP contribution < -0.4 is 0 Å². The van der Waals surface area contributed by atoms with Crippen LogP contribution in [-0.2, 0) is 0 Å². The van der Waals surface area contributed by atoms with Crippen LogP contribution in [0, 0.1) is 0 Å². The minimum absolute atomic E-state index is 8.76. The van der Waals surface area contributed by atoms with E-state index in [0.29, 0.717) is 0 Å². The molecule has 0 spiro atoms. The molecule has 0 aromatic carbocycles. The molecule has 3 aliphatic carbocycles. The molecule has 4 atom stereocenters. The molecule has 0 saturated heterocycles. The molecule has 0 unspecified atom stereocenters. The van der Waals surface area contributed by atoms with E-state index >= 15 is 8.78 Å². The number of halogens is 24. The van der Waals surface area contributed by atoms with E-state index in [-0.39, 0.29) is 0 Å². The van der Waals surface area contributed by atoms with Gasteiger partial charge in [0.05, 0.1) is 0 Å². The molecule has 0 aromatic heterocycles. The Hall–Kier alpha value is -1.68. The summed E-state index contributed by atoms with van der Waals surface area (Å²) in [5, 5.41) is 0. The fourth-order valence-electron chi connectivity index (χ4n) is 4.69. The smallest absolute Gasteiger partial charge is 0.229 e. The molecule has 0 bridgehead atoms. The van der Waals surface area contributed by atoms with Crippen molar-refractivity contribution < 1.29 is 105 Å². The van der Waals surface area contributed by atoms with E-state index in [1.54, 1.807) is 0 Å². The van der Waals surface area contributed by atoms with Crippen LogP contribution in [0.3, 0.4) is 0 Å². The van der Waals surface area contributed by atoms with Crippen LogP contribution in [0.15, 0.2) is 0 Å². The Morgan fingerprint density at radius 2 is 0.237 bits per heavy atom. The second-order valence-corrected chi connectivity index (χ2v) is 8.38. The lowest BCUT2D eigenvalue weighted by Crippen LogP contribution is -3.06. The first-order chi connectivity index (χ1) is 16.0. The fraction of sp³-hybridized carbons (Fsp3) is 1.00. The number of alkyl halides is 24. The Labute approximate surface area is 188 Å². The molecule has 0 heterocycles. The second kappa shape index (κ2) is 6.14. The predicted molar refractivity (Wildman–Crippen MR) is 64.8 cm³/mol. The standard InChI is InChI=1S/C14F24/c15-1-2(16)4(18,10(29,30)14(37,38)12(33,34)6(2,21)22)8(25,26)7(23,24)3(1,17)9(27,28)13(35,36)11(31,32)5(1,19)20/t1-,2+,3-,4+. The molecular weight excluding hydrogens is 624 g/mol.